The van der Waals surface area contributed by atoms with Crippen molar-refractivity contribution in [2.75, 3.05) is 18.7 Å². The third-order valence-corrected chi connectivity index (χ3v) is 1.26. The van der Waals surface area contributed by atoms with E-state index in [4.69, 9.17) is 4.84 Å². The Balaban J connectivity index is 2.85. The van der Waals surface area contributed by atoms with Crippen molar-refractivity contribution in [3.05, 3.63) is 12.4 Å². The molecule has 0 saturated heterocycles. The van der Waals surface area contributed by atoms with E-state index in [1.807, 2.05) is 6.92 Å². The predicted octanol–water partition coefficient (Wildman–Crippen LogP) is 0.398. The maximum Gasteiger partial charge on any atom is 0.313 e. The Morgan fingerprint density at radius 3 is 2.83 bits per heavy atom. The molecule has 1 rings (SSSR count). The number of halogens is 1. The summed E-state index contributed by atoms with van der Waals surface area (Å²) in [5.74, 6) is 0.174. The van der Waals surface area contributed by atoms with Crippen LogP contribution >= 0.6 is 0 Å². The molecule has 0 aliphatic rings. The smallest absolute Gasteiger partial charge is 0.274 e. The molecule has 0 fully saturated rings. The van der Waals surface area contributed by atoms with Crippen molar-refractivity contribution >= 4 is 5.95 Å². The standard InChI is InChI=1S/C6H9FN4O/c1-3-11(12-2)6-9-4-8-5(7)10-6/h4H,3H2,1-2H3. The number of hydrogen-bond donors (Lipinski definition) is 0. The summed E-state index contributed by atoms with van der Waals surface area (Å²) in [5, 5.41) is 1.35. The Hall–Kier alpha value is -1.30. The van der Waals surface area contributed by atoms with Gasteiger partial charge >= 0.3 is 6.08 Å². The Kier molecular flexibility index (Phi) is 2.87. The van der Waals surface area contributed by atoms with Crippen LogP contribution in [0, 0.1) is 6.08 Å². The average Bonchev–Trinajstić information content (AvgIpc) is 2.07. The Bertz CT molecular complexity index is 253. The van der Waals surface area contributed by atoms with E-state index >= 15 is 0 Å². The van der Waals surface area contributed by atoms with Crippen molar-refractivity contribution in [2.24, 2.45) is 0 Å². The zero-order chi connectivity index (χ0) is 8.97. The van der Waals surface area contributed by atoms with Crippen LogP contribution in [-0.4, -0.2) is 28.6 Å². The fraction of sp³-hybridized carbons (Fsp3) is 0.500. The fourth-order valence-corrected chi connectivity index (χ4v) is 0.741. The van der Waals surface area contributed by atoms with Crippen LogP contribution < -0.4 is 5.06 Å². The molecule has 1 aromatic rings. The lowest BCUT2D eigenvalue weighted by Gasteiger charge is -2.15. The highest BCUT2D eigenvalue weighted by Crippen LogP contribution is 2.03. The molecule has 0 atom stereocenters. The zero-order valence-corrected chi connectivity index (χ0v) is 6.86. The minimum atomic E-state index is -0.810. The van der Waals surface area contributed by atoms with Gasteiger partial charge in [0.15, 0.2) is 0 Å². The molecule has 1 heterocycles. The summed E-state index contributed by atoms with van der Waals surface area (Å²) in [4.78, 5) is 15.2. The Labute approximate surface area is 69.2 Å². The molecule has 5 nitrogen and oxygen atoms in total. The molecule has 0 saturated carbocycles. The first-order chi connectivity index (χ1) is 5.77. The van der Waals surface area contributed by atoms with Crippen molar-refractivity contribution in [3.8, 4) is 0 Å². The van der Waals surface area contributed by atoms with Gasteiger partial charge in [0.2, 0.25) is 0 Å². The molecular formula is C6H9FN4O. The predicted molar refractivity (Wildman–Crippen MR) is 39.8 cm³/mol. The van der Waals surface area contributed by atoms with Gasteiger partial charge in [-0.25, -0.2) is 5.06 Å². The highest BCUT2D eigenvalue weighted by molar-refractivity contribution is 5.21. The summed E-state index contributed by atoms with van der Waals surface area (Å²) in [5.41, 5.74) is 0. The minimum Gasteiger partial charge on any atom is -0.274 e. The maximum absolute atomic E-state index is 12.5. The molecule has 1 aromatic heterocycles. The number of hydroxylamine groups is 1. The normalized spacial score (nSPS) is 9.92. The molecule has 6 heteroatoms. The van der Waals surface area contributed by atoms with Crippen LogP contribution in [0.1, 0.15) is 6.92 Å². The summed E-state index contributed by atoms with van der Waals surface area (Å²) >= 11 is 0. The van der Waals surface area contributed by atoms with Crippen LogP contribution in [0.5, 0.6) is 0 Å². The minimum absolute atomic E-state index is 0.174. The second kappa shape index (κ2) is 3.91. The van der Waals surface area contributed by atoms with E-state index in [0.29, 0.717) is 6.54 Å². The molecule has 0 amide bonds. The van der Waals surface area contributed by atoms with E-state index in [-0.39, 0.29) is 5.95 Å². The molecule has 0 bridgehead atoms. The summed E-state index contributed by atoms with van der Waals surface area (Å²) in [6, 6.07) is 0. The molecule has 12 heavy (non-hydrogen) atoms. The maximum atomic E-state index is 12.5. The largest absolute Gasteiger partial charge is 0.313 e. The van der Waals surface area contributed by atoms with Crippen LogP contribution in [0.3, 0.4) is 0 Å². The highest BCUT2D eigenvalue weighted by atomic mass is 19.1. The zero-order valence-electron chi connectivity index (χ0n) is 6.86. The van der Waals surface area contributed by atoms with E-state index in [2.05, 4.69) is 15.0 Å². The van der Waals surface area contributed by atoms with Crippen molar-refractivity contribution in [2.45, 2.75) is 6.92 Å². The molecule has 0 aliphatic heterocycles. The van der Waals surface area contributed by atoms with Gasteiger partial charge in [-0.1, -0.05) is 0 Å². The molecular weight excluding hydrogens is 163 g/mol. The van der Waals surface area contributed by atoms with Gasteiger partial charge in [0, 0.05) is 6.54 Å². The van der Waals surface area contributed by atoms with Gasteiger partial charge in [0.05, 0.1) is 7.11 Å². The van der Waals surface area contributed by atoms with Crippen molar-refractivity contribution < 1.29 is 9.23 Å². The first-order valence-corrected chi connectivity index (χ1v) is 3.44. The Morgan fingerprint density at radius 1 is 1.58 bits per heavy atom. The third-order valence-electron chi connectivity index (χ3n) is 1.26. The van der Waals surface area contributed by atoms with Gasteiger partial charge in [0.1, 0.15) is 6.33 Å². The summed E-state index contributed by atoms with van der Waals surface area (Å²) < 4.78 is 12.5. The fourth-order valence-electron chi connectivity index (χ4n) is 0.741. The van der Waals surface area contributed by atoms with E-state index in [1.54, 1.807) is 0 Å². The topological polar surface area (TPSA) is 51.1 Å². The lowest BCUT2D eigenvalue weighted by Crippen LogP contribution is -2.23. The monoisotopic (exact) mass is 172 g/mol. The number of anilines is 1. The van der Waals surface area contributed by atoms with Gasteiger partial charge in [0.25, 0.3) is 5.95 Å². The number of rotatable bonds is 3. The molecule has 0 radical (unpaired) electrons. The lowest BCUT2D eigenvalue weighted by atomic mass is 10.7. The Morgan fingerprint density at radius 2 is 2.33 bits per heavy atom. The van der Waals surface area contributed by atoms with Crippen molar-refractivity contribution in [3.63, 3.8) is 0 Å². The number of nitrogens with zero attached hydrogens (tertiary/aromatic N) is 4. The molecule has 0 aromatic carbocycles. The average molecular weight is 172 g/mol. The second-order valence-corrected chi connectivity index (χ2v) is 1.93. The van der Waals surface area contributed by atoms with Crippen molar-refractivity contribution in [1.29, 1.82) is 0 Å². The van der Waals surface area contributed by atoms with E-state index in [1.165, 1.54) is 12.2 Å². The SMILES string of the molecule is CCN(OC)c1ncnc(F)n1. The first kappa shape index (κ1) is 8.79. The van der Waals surface area contributed by atoms with Gasteiger partial charge in [-0.15, -0.1) is 0 Å². The quantitative estimate of drug-likeness (QED) is 0.617. The molecule has 0 N–H and O–H groups in total. The van der Waals surface area contributed by atoms with Crippen molar-refractivity contribution in [1.82, 2.24) is 15.0 Å². The van der Waals surface area contributed by atoms with Crippen LogP contribution in [0.15, 0.2) is 6.33 Å². The number of aromatic nitrogens is 3. The summed E-state index contributed by atoms with van der Waals surface area (Å²) in [6.07, 6.45) is 0.287. The van der Waals surface area contributed by atoms with Crippen LogP contribution in [0.2, 0.25) is 0 Å². The summed E-state index contributed by atoms with van der Waals surface area (Å²) in [6.45, 7) is 2.38. The van der Waals surface area contributed by atoms with Gasteiger partial charge in [-0.3, -0.25) is 4.84 Å². The number of hydrogen-bond acceptors (Lipinski definition) is 5. The lowest BCUT2D eigenvalue weighted by molar-refractivity contribution is 0.165. The van der Waals surface area contributed by atoms with Gasteiger partial charge < -0.3 is 0 Å². The van der Waals surface area contributed by atoms with Crippen LogP contribution in [0.4, 0.5) is 10.3 Å². The van der Waals surface area contributed by atoms with Gasteiger partial charge in [-0.2, -0.15) is 19.3 Å². The second-order valence-electron chi connectivity index (χ2n) is 1.93. The van der Waals surface area contributed by atoms with E-state index in [9.17, 15) is 4.39 Å². The van der Waals surface area contributed by atoms with E-state index in [0.717, 1.165) is 6.33 Å². The molecule has 0 spiro atoms. The molecule has 0 unspecified atom stereocenters. The highest BCUT2D eigenvalue weighted by Gasteiger charge is 2.06. The van der Waals surface area contributed by atoms with Gasteiger partial charge in [-0.05, 0) is 6.92 Å². The first-order valence-electron chi connectivity index (χ1n) is 3.44. The van der Waals surface area contributed by atoms with E-state index < -0.39 is 6.08 Å². The molecule has 66 valence electrons. The third kappa shape index (κ3) is 1.85. The summed E-state index contributed by atoms with van der Waals surface area (Å²) in [7, 11) is 1.46. The molecule has 0 aliphatic carbocycles. The van der Waals surface area contributed by atoms with Crippen LogP contribution in [-0.2, 0) is 4.84 Å². The van der Waals surface area contributed by atoms with Crippen LogP contribution in [0.25, 0.3) is 0 Å².